The van der Waals surface area contributed by atoms with E-state index in [1.807, 2.05) is 36.8 Å². The summed E-state index contributed by atoms with van der Waals surface area (Å²) in [6, 6.07) is 118. The van der Waals surface area contributed by atoms with E-state index in [9.17, 15) is 0 Å². The third-order valence-electron chi connectivity index (χ3n) is 24.8. The van der Waals surface area contributed by atoms with Gasteiger partial charge in [0.05, 0.1) is 0 Å². The standard InChI is InChI=1S/C49H52N.C35H32N.C30H30N.3Ir/c1-46(2,3)48(7,8)43-28-26-39(27-29-43)38-20-18-35(19-21-38)34-14-16-36(17-15-34)37-22-24-40(25-23-37)41-12-11-13-42(32-41)45-33-44(30-31-50-45)49(9,10)47(4,5)6;1-24(2)26-8-10-27(11-9-26)28-12-14-29(15-13-28)30-16-18-31(19-17-30)33-6-5-7-34(22-33)35-23-32(25(3)4)20-21-36-35;1-20-9-7-10-23(17-20)26-14-13-24(18-21(26)2)27-11-8-12-28(22(27)3)29-19-25(15-16-31-29)30(4,5)6;;;/h11-12,14-33H,1-10H3;5-6,8-25H,1-4H3;7-11,13-19H,1-6H3;;;/q3*-1;;;. The largest absolute Gasteiger partial charge is 0.305 e. The molecule has 0 unspecified atom stereocenters. The number of hydrogen-bond donors (Lipinski definition) is 0. The van der Waals surface area contributed by atoms with Gasteiger partial charge in [0.2, 0.25) is 0 Å². The van der Waals surface area contributed by atoms with Gasteiger partial charge in [0.15, 0.2) is 0 Å². The third kappa shape index (κ3) is 21.7. The van der Waals surface area contributed by atoms with E-state index >= 15 is 0 Å². The first-order valence-corrected chi connectivity index (χ1v) is 41.6. The molecular formula is C114H114Ir3N3-3. The Morgan fingerprint density at radius 1 is 0.267 bits per heavy atom. The van der Waals surface area contributed by atoms with Crippen molar-refractivity contribution in [2.24, 2.45) is 10.8 Å². The minimum absolute atomic E-state index is 0. The van der Waals surface area contributed by atoms with Crippen LogP contribution in [-0.4, -0.2) is 15.0 Å². The van der Waals surface area contributed by atoms with Crippen molar-refractivity contribution in [3.8, 4) is 134 Å². The fraction of sp³-hybridized carbons (Fsp3) is 0.237. The van der Waals surface area contributed by atoms with Crippen LogP contribution >= 0.6 is 0 Å². The summed E-state index contributed by atoms with van der Waals surface area (Å²) < 4.78 is 0. The quantitative estimate of drug-likeness (QED) is 0.0905. The number of pyridine rings is 3. The molecule has 3 nitrogen and oxygen atoms in total. The van der Waals surface area contributed by atoms with Crippen LogP contribution in [-0.2, 0) is 76.6 Å². The molecule has 0 atom stereocenters. The molecular weight excluding hydrogens is 1990 g/mol. The molecule has 120 heavy (non-hydrogen) atoms. The number of benzene rings is 12. The number of hydrogen-bond acceptors (Lipinski definition) is 3. The minimum Gasteiger partial charge on any atom is -0.305 e. The van der Waals surface area contributed by atoms with Crippen molar-refractivity contribution in [2.75, 3.05) is 0 Å². The van der Waals surface area contributed by atoms with Gasteiger partial charge in [-0.2, -0.15) is 0 Å². The molecule has 0 saturated heterocycles. The molecule has 0 aliphatic heterocycles. The van der Waals surface area contributed by atoms with E-state index < -0.39 is 0 Å². The van der Waals surface area contributed by atoms with Gasteiger partial charge in [-0.05, 0) is 199 Å². The van der Waals surface area contributed by atoms with Crippen LogP contribution in [0.25, 0.3) is 134 Å². The molecule has 3 heterocycles. The summed E-state index contributed by atoms with van der Waals surface area (Å²) in [6.07, 6.45) is 5.74. The molecule has 0 amide bonds. The van der Waals surface area contributed by atoms with Crippen LogP contribution in [0, 0.1) is 49.8 Å². The summed E-state index contributed by atoms with van der Waals surface area (Å²) in [5.41, 5.74) is 39.0. The van der Waals surface area contributed by atoms with Crippen LogP contribution in [0.2, 0.25) is 0 Å². The molecule has 15 aromatic rings. The summed E-state index contributed by atoms with van der Waals surface area (Å²) >= 11 is 0. The van der Waals surface area contributed by atoms with Crippen molar-refractivity contribution in [3.63, 3.8) is 0 Å². The normalized spacial score (nSPS) is 11.6. The molecule has 12 aromatic carbocycles. The molecule has 6 heteroatoms. The zero-order valence-corrected chi connectivity index (χ0v) is 80.7. The molecule has 0 aliphatic rings. The van der Waals surface area contributed by atoms with Crippen LogP contribution < -0.4 is 0 Å². The van der Waals surface area contributed by atoms with Gasteiger partial charge in [0.25, 0.3) is 0 Å². The van der Waals surface area contributed by atoms with Crippen molar-refractivity contribution in [1.29, 1.82) is 0 Å². The SMILES string of the molecule is CC(C)(C)C(C)(C)c1ccc(-c2ccc(-c3ccc(-c4ccc(-c5cc[c-]c(-c6cc(C(C)(C)C(C)(C)C)ccn6)c5)cc4)cc3)cc2)cc1.CC(C)c1ccc(-c2ccc(-c3ccc(-c4cc[c-]c(-c5cc(C(C)C)ccn5)c4)cc3)cc2)cc1.Cc1cccc(-c2ccc(-c3cc[c-]c(-c4cc(C(C)(C)C)ccn4)c3C)cc2C)c1.[Ir].[Ir].[Ir]. The monoisotopic (exact) mass is 2100 g/mol. The predicted octanol–water partition coefficient (Wildman–Crippen LogP) is 31.8. The Labute approximate surface area is 758 Å². The van der Waals surface area contributed by atoms with Gasteiger partial charge < -0.3 is 15.0 Å². The van der Waals surface area contributed by atoms with E-state index in [1.165, 1.54) is 139 Å². The molecule has 0 N–H and O–H groups in total. The summed E-state index contributed by atoms with van der Waals surface area (Å²) in [5.74, 6) is 1.03. The average Bonchev–Trinajstić information content (AvgIpc) is 0.787. The van der Waals surface area contributed by atoms with Gasteiger partial charge in [-0.15, -0.1) is 100 Å². The van der Waals surface area contributed by atoms with Crippen molar-refractivity contribution in [2.45, 2.75) is 167 Å². The zero-order chi connectivity index (χ0) is 83.1. The van der Waals surface area contributed by atoms with E-state index in [0.29, 0.717) is 11.8 Å². The summed E-state index contributed by atoms with van der Waals surface area (Å²) in [4.78, 5) is 14.0. The van der Waals surface area contributed by atoms with Gasteiger partial charge in [-0.25, -0.2) is 0 Å². The van der Waals surface area contributed by atoms with E-state index in [4.69, 9.17) is 4.98 Å². The number of nitrogens with zero attached hydrogens (tertiary/aromatic N) is 3. The molecule has 0 bridgehead atoms. The number of aromatic nitrogens is 3. The van der Waals surface area contributed by atoms with Gasteiger partial charge in [-0.1, -0.05) is 372 Å². The van der Waals surface area contributed by atoms with Gasteiger partial charge >= 0.3 is 0 Å². The topological polar surface area (TPSA) is 38.7 Å². The van der Waals surface area contributed by atoms with Crippen LogP contribution in [0.4, 0.5) is 0 Å². The Bertz CT molecular complexity index is 5910. The van der Waals surface area contributed by atoms with Crippen molar-refractivity contribution >= 4 is 0 Å². The first-order valence-electron chi connectivity index (χ1n) is 41.6. The first-order chi connectivity index (χ1) is 55.8. The van der Waals surface area contributed by atoms with Gasteiger partial charge in [-0.3, -0.25) is 0 Å². The van der Waals surface area contributed by atoms with Crippen LogP contribution in [0.1, 0.15) is 174 Å². The Hall–Kier alpha value is -9.96. The molecule has 3 radical (unpaired) electrons. The average molecular weight is 2100 g/mol. The van der Waals surface area contributed by atoms with Gasteiger partial charge in [0.1, 0.15) is 0 Å². The molecule has 0 spiro atoms. The molecule has 615 valence electrons. The number of aryl methyl sites for hydroxylation is 2. The van der Waals surface area contributed by atoms with Crippen molar-refractivity contribution < 1.29 is 60.3 Å². The second-order valence-corrected chi connectivity index (χ2v) is 36.5. The predicted molar refractivity (Wildman–Crippen MR) is 501 cm³/mol. The summed E-state index contributed by atoms with van der Waals surface area (Å²) in [5, 5.41) is 0. The summed E-state index contributed by atoms with van der Waals surface area (Å²) in [7, 11) is 0. The van der Waals surface area contributed by atoms with E-state index in [1.54, 1.807) is 0 Å². The second kappa shape index (κ2) is 39.3. The van der Waals surface area contributed by atoms with Crippen molar-refractivity contribution in [3.05, 3.63) is 379 Å². The molecule has 0 fully saturated rings. The Balaban J connectivity index is 0.000000193. The number of rotatable bonds is 16. The first kappa shape index (κ1) is 92.3. The van der Waals surface area contributed by atoms with Crippen molar-refractivity contribution in [1.82, 2.24) is 15.0 Å². The maximum Gasteiger partial charge on any atom is 0.0163 e. The fourth-order valence-electron chi connectivity index (χ4n) is 14.9. The van der Waals surface area contributed by atoms with E-state index in [0.717, 1.165) is 39.3 Å². The smallest absolute Gasteiger partial charge is 0.0163 e. The van der Waals surface area contributed by atoms with E-state index in [2.05, 4.69) is 446 Å². The Morgan fingerprint density at radius 2 is 0.617 bits per heavy atom. The maximum absolute atomic E-state index is 4.73. The molecule has 0 aliphatic carbocycles. The van der Waals surface area contributed by atoms with Crippen LogP contribution in [0.5, 0.6) is 0 Å². The Kier molecular flexibility index (Phi) is 30.2. The van der Waals surface area contributed by atoms with Crippen LogP contribution in [0.15, 0.2) is 316 Å². The second-order valence-electron chi connectivity index (χ2n) is 36.5. The molecule has 3 aromatic heterocycles. The minimum atomic E-state index is 0. The summed E-state index contributed by atoms with van der Waals surface area (Å²) in [6.45, 7) is 45.2. The molecule has 15 rings (SSSR count). The van der Waals surface area contributed by atoms with Gasteiger partial charge in [0, 0.05) is 78.9 Å². The fourth-order valence-corrected chi connectivity index (χ4v) is 14.9. The Morgan fingerprint density at radius 3 is 1.02 bits per heavy atom. The van der Waals surface area contributed by atoms with Crippen LogP contribution in [0.3, 0.4) is 0 Å². The van der Waals surface area contributed by atoms with E-state index in [-0.39, 0.29) is 87.4 Å². The molecule has 0 saturated carbocycles. The zero-order valence-electron chi connectivity index (χ0n) is 73.5. The third-order valence-corrected chi connectivity index (χ3v) is 24.8. The maximum atomic E-state index is 4.73.